The van der Waals surface area contributed by atoms with Crippen LogP contribution in [0.2, 0.25) is 0 Å². The van der Waals surface area contributed by atoms with E-state index in [0.717, 1.165) is 34.8 Å². The van der Waals surface area contributed by atoms with Crippen molar-refractivity contribution >= 4 is 23.4 Å². The second-order valence-electron chi connectivity index (χ2n) is 7.45. The lowest BCUT2D eigenvalue weighted by Crippen LogP contribution is -2.16. The highest BCUT2D eigenvalue weighted by Crippen LogP contribution is 2.26. The van der Waals surface area contributed by atoms with Gasteiger partial charge in [-0.15, -0.1) is 10.2 Å². The molecule has 0 saturated heterocycles. The van der Waals surface area contributed by atoms with E-state index in [9.17, 15) is 4.79 Å². The SMILES string of the molecule is CCc1ccc(O[C@H](C)c2nnc(SCC(=O)Nc3c(C)cccc3C)n2CC)cc1. The lowest BCUT2D eigenvalue weighted by molar-refractivity contribution is -0.113. The van der Waals surface area contributed by atoms with Crippen LogP contribution in [0, 0.1) is 13.8 Å². The molecule has 1 atom stereocenters. The summed E-state index contributed by atoms with van der Waals surface area (Å²) in [5.41, 5.74) is 4.25. The number of amides is 1. The van der Waals surface area contributed by atoms with Crippen molar-refractivity contribution in [3.63, 3.8) is 0 Å². The van der Waals surface area contributed by atoms with E-state index < -0.39 is 0 Å². The topological polar surface area (TPSA) is 69.0 Å². The van der Waals surface area contributed by atoms with E-state index in [1.807, 2.05) is 62.6 Å². The maximum absolute atomic E-state index is 12.5. The molecule has 0 fully saturated rings. The van der Waals surface area contributed by atoms with Crippen molar-refractivity contribution in [2.24, 2.45) is 0 Å². The van der Waals surface area contributed by atoms with Gasteiger partial charge in [0.15, 0.2) is 17.1 Å². The summed E-state index contributed by atoms with van der Waals surface area (Å²) in [5.74, 6) is 1.76. The summed E-state index contributed by atoms with van der Waals surface area (Å²) in [6.45, 7) is 10.8. The third kappa shape index (κ3) is 5.67. The molecular formula is C24H30N4O2S. The van der Waals surface area contributed by atoms with Crippen molar-refractivity contribution in [2.75, 3.05) is 11.1 Å². The standard InChI is InChI=1S/C24H30N4O2S/c1-6-19-11-13-20(14-12-19)30-18(5)23-26-27-24(28(23)7-2)31-15-21(29)25-22-16(3)9-8-10-17(22)4/h8-14,18H,6-7,15H2,1-5H3,(H,25,29)/t18-/m1/s1. The number of nitrogens with one attached hydrogen (secondary N) is 1. The van der Waals surface area contributed by atoms with Crippen LogP contribution in [0.4, 0.5) is 5.69 Å². The van der Waals surface area contributed by atoms with E-state index in [-0.39, 0.29) is 17.8 Å². The van der Waals surface area contributed by atoms with Gasteiger partial charge in [-0.2, -0.15) is 0 Å². The van der Waals surface area contributed by atoms with Gasteiger partial charge in [-0.05, 0) is 62.9 Å². The Morgan fingerprint density at radius 3 is 2.39 bits per heavy atom. The molecule has 0 aliphatic carbocycles. The molecule has 2 aromatic carbocycles. The molecule has 7 heteroatoms. The van der Waals surface area contributed by atoms with Gasteiger partial charge in [-0.25, -0.2) is 0 Å². The maximum Gasteiger partial charge on any atom is 0.234 e. The fraction of sp³-hybridized carbons (Fsp3) is 0.375. The van der Waals surface area contributed by atoms with Gasteiger partial charge in [0.25, 0.3) is 0 Å². The summed E-state index contributed by atoms with van der Waals surface area (Å²) in [4.78, 5) is 12.5. The van der Waals surface area contributed by atoms with Crippen LogP contribution < -0.4 is 10.1 Å². The Kier molecular flexibility index (Phi) is 7.74. The van der Waals surface area contributed by atoms with E-state index >= 15 is 0 Å². The molecule has 1 N–H and O–H groups in total. The number of hydrogen-bond acceptors (Lipinski definition) is 5. The summed E-state index contributed by atoms with van der Waals surface area (Å²) in [6, 6.07) is 14.1. The minimum atomic E-state index is -0.252. The third-order valence-electron chi connectivity index (χ3n) is 5.15. The van der Waals surface area contributed by atoms with Crippen LogP contribution >= 0.6 is 11.8 Å². The van der Waals surface area contributed by atoms with Gasteiger partial charge >= 0.3 is 0 Å². The Balaban J connectivity index is 1.64. The summed E-state index contributed by atoms with van der Waals surface area (Å²) in [7, 11) is 0. The quantitative estimate of drug-likeness (QED) is 0.456. The number of nitrogens with zero attached hydrogens (tertiary/aromatic N) is 3. The van der Waals surface area contributed by atoms with Crippen molar-refractivity contribution < 1.29 is 9.53 Å². The predicted molar refractivity (Wildman–Crippen MR) is 126 cm³/mol. The minimum Gasteiger partial charge on any atom is -0.483 e. The minimum absolute atomic E-state index is 0.0603. The molecule has 0 bridgehead atoms. The zero-order valence-corrected chi connectivity index (χ0v) is 19.6. The largest absolute Gasteiger partial charge is 0.483 e. The average Bonchev–Trinajstić information content (AvgIpc) is 3.18. The van der Waals surface area contributed by atoms with Crippen molar-refractivity contribution in [1.82, 2.24) is 14.8 Å². The van der Waals surface area contributed by atoms with E-state index in [1.165, 1.54) is 17.3 Å². The molecule has 6 nitrogen and oxygen atoms in total. The van der Waals surface area contributed by atoms with Crippen LogP contribution in [-0.4, -0.2) is 26.4 Å². The third-order valence-corrected chi connectivity index (χ3v) is 6.11. The highest BCUT2D eigenvalue weighted by molar-refractivity contribution is 7.99. The van der Waals surface area contributed by atoms with Gasteiger partial charge in [0.05, 0.1) is 5.75 Å². The van der Waals surface area contributed by atoms with Crippen LogP contribution in [0.25, 0.3) is 0 Å². The summed E-state index contributed by atoms with van der Waals surface area (Å²) >= 11 is 1.38. The van der Waals surface area contributed by atoms with E-state index in [2.05, 4.69) is 34.6 Å². The monoisotopic (exact) mass is 438 g/mol. The van der Waals surface area contributed by atoms with Crippen LogP contribution in [0.1, 0.15) is 49.4 Å². The Morgan fingerprint density at radius 2 is 1.77 bits per heavy atom. The highest BCUT2D eigenvalue weighted by Gasteiger charge is 2.19. The molecule has 31 heavy (non-hydrogen) atoms. The van der Waals surface area contributed by atoms with Crippen molar-refractivity contribution in [3.05, 3.63) is 65.0 Å². The number of carbonyl (C=O) groups excluding carboxylic acids is 1. The maximum atomic E-state index is 12.5. The number of aryl methyl sites for hydroxylation is 3. The van der Waals surface area contributed by atoms with Crippen LogP contribution in [0.5, 0.6) is 5.75 Å². The van der Waals surface area contributed by atoms with Gasteiger partial charge in [0.2, 0.25) is 5.91 Å². The molecule has 0 aliphatic rings. The number of thioether (sulfide) groups is 1. The van der Waals surface area contributed by atoms with Crippen LogP contribution in [0.15, 0.2) is 47.6 Å². The first-order chi connectivity index (χ1) is 14.9. The number of hydrogen-bond donors (Lipinski definition) is 1. The molecule has 3 rings (SSSR count). The molecule has 1 amide bonds. The average molecular weight is 439 g/mol. The van der Waals surface area contributed by atoms with E-state index in [0.29, 0.717) is 11.7 Å². The van der Waals surface area contributed by atoms with E-state index in [1.54, 1.807) is 0 Å². The predicted octanol–water partition coefficient (Wildman–Crippen LogP) is 5.35. The number of rotatable bonds is 9. The zero-order chi connectivity index (χ0) is 22.4. The van der Waals surface area contributed by atoms with Crippen molar-refractivity contribution in [3.8, 4) is 5.75 Å². The van der Waals surface area contributed by atoms with Crippen molar-refractivity contribution in [1.29, 1.82) is 0 Å². The summed E-state index contributed by atoms with van der Waals surface area (Å²) in [5, 5.41) is 12.4. The number of benzene rings is 2. The highest BCUT2D eigenvalue weighted by atomic mass is 32.2. The van der Waals surface area contributed by atoms with Gasteiger partial charge in [-0.1, -0.05) is 49.0 Å². The molecule has 0 spiro atoms. The zero-order valence-electron chi connectivity index (χ0n) is 18.8. The number of anilines is 1. The summed E-state index contributed by atoms with van der Waals surface area (Å²) in [6.07, 6.45) is 0.745. The molecule has 0 aliphatic heterocycles. The Morgan fingerprint density at radius 1 is 1.10 bits per heavy atom. The molecular weight excluding hydrogens is 408 g/mol. The molecule has 1 heterocycles. The van der Waals surface area contributed by atoms with Gasteiger partial charge < -0.3 is 14.6 Å². The second kappa shape index (κ2) is 10.5. The van der Waals surface area contributed by atoms with Gasteiger partial charge in [-0.3, -0.25) is 4.79 Å². The molecule has 3 aromatic rings. The second-order valence-corrected chi connectivity index (χ2v) is 8.39. The number of para-hydroxylation sites is 1. The first-order valence-electron chi connectivity index (χ1n) is 10.6. The fourth-order valence-electron chi connectivity index (χ4n) is 3.38. The van der Waals surface area contributed by atoms with Gasteiger partial charge in [0, 0.05) is 12.2 Å². The fourth-order valence-corrected chi connectivity index (χ4v) is 4.19. The Hall–Kier alpha value is -2.80. The van der Waals surface area contributed by atoms with E-state index in [4.69, 9.17) is 4.74 Å². The molecule has 1 aromatic heterocycles. The molecule has 0 radical (unpaired) electrons. The molecule has 0 saturated carbocycles. The van der Waals surface area contributed by atoms with Crippen LogP contribution in [0.3, 0.4) is 0 Å². The lowest BCUT2D eigenvalue weighted by Gasteiger charge is -2.16. The lowest BCUT2D eigenvalue weighted by atomic mass is 10.1. The Labute approximate surface area is 188 Å². The first-order valence-corrected chi connectivity index (χ1v) is 11.6. The normalized spacial score (nSPS) is 11.9. The van der Waals surface area contributed by atoms with Crippen LogP contribution in [-0.2, 0) is 17.8 Å². The number of aromatic nitrogens is 3. The number of carbonyl (C=O) groups is 1. The number of ether oxygens (including phenoxy) is 1. The van der Waals surface area contributed by atoms with Crippen molar-refractivity contribution in [2.45, 2.75) is 58.8 Å². The smallest absolute Gasteiger partial charge is 0.234 e. The summed E-state index contributed by atoms with van der Waals surface area (Å²) < 4.78 is 8.08. The Bertz CT molecular complexity index is 1010. The van der Waals surface area contributed by atoms with Gasteiger partial charge in [0.1, 0.15) is 5.75 Å². The first kappa shape index (κ1) is 22.9. The molecule has 0 unspecified atom stereocenters. The molecule has 164 valence electrons.